The predicted octanol–water partition coefficient (Wildman–Crippen LogP) is 3.63. The molecule has 0 atom stereocenters. The number of carbonyl (C=O) groups is 1. The number of thiophene rings is 1. The molecule has 2 aliphatic heterocycles. The van der Waals surface area contributed by atoms with Gasteiger partial charge in [-0.2, -0.15) is 9.78 Å². The first kappa shape index (κ1) is 22.7. The summed E-state index contributed by atoms with van der Waals surface area (Å²) in [6.45, 7) is 5.74. The van der Waals surface area contributed by atoms with Crippen molar-refractivity contribution in [3.63, 3.8) is 0 Å². The van der Waals surface area contributed by atoms with Crippen molar-refractivity contribution >= 4 is 50.4 Å². The Morgan fingerprint density at radius 2 is 2.06 bits per heavy atom. The first-order valence-electron chi connectivity index (χ1n) is 12.1. The molecule has 10 heteroatoms. The topological polar surface area (TPSA) is 107 Å². The fourth-order valence-corrected chi connectivity index (χ4v) is 6.30. The quantitative estimate of drug-likeness (QED) is 0.237. The molecule has 5 heterocycles. The Hall–Kier alpha value is -3.79. The molecule has 2 aliphatic rings. The summed E-state index contributed by atoms with van der Waals surface area (Å²) in [5.41, 5.74) is 4.11. The molecule has 0 saturated carbocycles. The van der Waals surface area contributed by atoms with Gasteiger partial charge in [0.1, 0.15) is 21.6 Å². The Kier molecular flexibility index (Phi) is 5.48. The highest BCUT2D eigenvalue weighted by Gasteiger charge is 2.27. The lowest BCUT2D eigenvalue weighted by Crippen LogP contribution is -2.34. The van der Waals surface area contributed by atoms with Gasteiger partial charge in [-0.05, 0) is 62.8 Å². The second-order valence-corrected chi connectivity index (χ2v) is 10.1. The van der Waals surface area contributed by atoms with Crippen LogP contribution >= 0.6 is 11.3 Å². The smallest absolute Gasteiger partial charge is 0.348 e. The molecule has 36 heavy (non-hydrogen) atoms. The van der Waals surface area contributed by atoms with Crippen molar-refractivity contribution in [1.29, 1.82) is 0 Å². The molecule has 0 N–H and O–H groups in total. The van der Waals surface area contributed by atoms with Gasteiger partial charge in [0.25, 0.3) is 5.56 Å². The van der Waals surface area contributed by atoms with Crippen LogP contribution in [-0.4, -0.2) is 41.5 Å². The largest absolute Gasteiger partial charge is 0.462 e. The summed E-state index contributed by atoms with van der Waals surface area (Å²) >= 11 is 1.11. The standard InChI is InChI=1S/C26H24N4O5S/c1-3-34-26(33)22-14(2)19-23(36-22)27-13-30(24(19)31)28-12-17-11-16-10-15-6-4-8-29-9-5-7-18(20(15)29)21(16)35-25(17)32/h10-13H,3-9H2,1-2H3/b28-12+. The van der Waals surface area contributed by atoms with Crippen LogP contribution in [0.1, 0.15) is 51.7 Å². The third-order valence-corrected chi connectivity index (χ3v) is 8.04. The maximum atomic E-state index is 13.1. The minimum atomic E-state index is -0.506. The molecule has 0 bridgehead atoms. The lowest BCUT2D eigenvalue weighted by atomic mass is 9.90. The van der Waals surface area contributed by atoms with Crippen molar-refractivity contribution in [1.82, 2.24) is 9.66 Å². The van der Waals surface area contributed by atoms with Crippen LogP contribution in [-0.2, 0) is 17.6 Å². The second-order valence-electron chi connectivity index (χ2n) is 9.06. The van der Waals surface area contributed by atoms with Gasteiger partial charge in [0.05, 0.1) is 23.8 Å². The number of hydrogen-bond donors (Lipinski definition) is 0. The van der Waals surface area contributed by atoms with E-state index < -0.39 is 17.2 Å². The van der Waals surface area contributed by atoms with Crippen molar-refractivity contribution in [3.05, 3.63) is 66.4 Å². The summed E-state index contributed by atoms with van der Waals surface area (Å²) in [6.07, 6.45) is 6.65. The van der Waals surface area contributed by atoms with E-state index in [1.54, 1.807) is 19.9 Å². The molecule has 6 rings (SSSR count). The van der Waals surface area contributed by atoms with Crippen LogP contribution < -0.4 is 16.1 Å². The molecule has 0 unspecified atom stereocenters. The molecule has 0 spiro atoms. The van der Waals surface area contributed by atoms with E-state index in [-0.39, 0.29) is 12.2 Å². The Labute approximate surface area is 209 Å². The van der Waals surface area contributed by atoms with Gasteiger partial charge in [0, 0.05) is 29.7 Å². The zero-order valence-corrected chi connectivity index (χ0v) is 20.8. The Balaban J connectivity index is 1.41. The van der Waals surface area contributed by atoms with E-state index in [4.69, 9.17) is 9.15 Å². The monoisotopic (exact) mass is 504 g/mol. The number of aromatic nitrogens is 2. The van der Waals surface area contributed by atoms with E-state index in [2.05, 4.69) is 21.1 Å². The van der Waals surface area contributed by atoms with E-state index in [1.807, 2.05) is 0 Å². The van der Waals surface area contributed by atoms with Crippen LogP contribution in [0.15, 0.2) is 37.6 Å². The van der Waals surface area contributed by atoms with Crippen molar-refractivity contribution in [2.75, 3.05) is 24.6 Å². The van der Waals surface area contributed by atoms with Crippen molar-refractivity contribution < 1.29 is 13.9 Å². The van der Waals surface area contributed by atoms with Crippen molar-refractivity contribution in [3.8, 4) is 0 Å². The molecule has 3 aromatic heterocycles. The lowest BCUT2D eigenvalue weighted by molar-refractivity contribution is 0.0531. The van der Waals surface area contributed by atoms with Crippen LogP contribution in [0.2, 0.25) is 0 Å². The first-order valence-corrected chi connectivity index (χ1v) is 12.9. The van der Waals surface area contributed by atoms with Crippen LogP contribution in [0.25, 0.3) is 21.2 Å². The first-order chi connectivity index (χ1) is 17.5. The highest BCUT2D eigenvalue weighted by atomic mass is 32.1. The molecule has 4 aromatic rings. The molecule has 0 amide bonds. The van der Waals surface area contributed by atoms with Gasteiger partial charge in [-0.1, -0.05) is 0 Å². The maximum Gasteiger partial charge on any atom is 0.348 e. The summed E-state index contributed by atoms with van der Waals surface area (Å²) in [5, 5.41) is 5.39. The zero-order chi connectivity index (χ0) is 25.0. The summed E-state index contributed by atoms with van der Waals surface area (Å²) in [4.78, 5) is 45.7. The highest BCUT2D eigenvalue weighted by molar-refractivity contribution is 7.20. The number of benzene rings is 1. The number of ether oxygens (including phenoxy) is 1. The predicted molar refractivity (Wildman–Crippen MR) is 139 cm³/mol. The van der Waals surface area contributed by atoms with Gasteiger partial charge >= 0.3 is 11.6 Å². The Morgan fingerprint density at radius 3 is 2.86 bits per heavy atom. The van der Waals surface area contributed by atoms with Gasteiger partial charge in [-0.25, -0.2) is 14.6 Å². The zero-order valence-electron chi connectivity index (χ0n) is 20.0. The summed E-state index contributed by atoms with van der Waals surface area (Å²) in [5.74, 6) is -0.481. The summed E-state index contributed by atoms with van der Waals surface area (Å²) in [6, 6.07) is 3.89. The molecule has 0 fully saturated rings. The van der Waals surface area contributed by atoms with Crippen LogP contribution in [0, 0.1) is 6.92 Å². The van der Waals surface area contributed by atoms with E-state index in [0.717, 1.165) is 65.7 Å². The summed E-state index contributed by atoms with van der Waals surface area (Å²) in [7, 11) is 0. The number of carbonyl (C=O) groups excluding carboxylic acids is 1. The summed E-state index contributed by atoms with van der Waals surface area (Å²) < 4.78 is 11.9. The highest BCUT2D eigenvalue weighted by Crippen LogP contribution is 2.39. The minimum absolute atomic E-state index is 0.241. The van der Waals surface area contributed by atoms with Gasteiger partial charge in [0.2, 0.25) is 0 Å². The normalized spacial score (nSPS) is 15.1. The molecule has 0 radical (unpaired) electrons. The molecule has 0 aliphatic carbocycles. The number of esters is 1. The van der Waals surface area contributed by atoms with Gasteiger partial charge in [-0.15, -0.1) is 11.3 Å². The second kappa shape index (κ2) is 8.70. The molecule has 1 aromatic carbocycles. The number of hydrogen-bond acceptors (Lipinski definition) is 9. The average molecular weight is 505 g/mol. The molecular formula is C26H24N4O5S. The van der Waals surface area contributed by atoms with Crippen molar-refractivity contribution in [2.45, 2.75) is 39.5 Å². The molecule has 9 nitrogen and oxygen atoms in total. The van der Waals surface area contributed by atoms with Gasteiger partial charge < -0.3 is 14.1 Å². The third-order valence-electron chi connectivity index (χ3n) is 6.86. The Morgan fingerprint density at radius 1 is 1.25 bits per heavy atom. The van der Waals surface area contributed by atoms with Crippen LogP contribution in [0.3, 0.4) is 0 Å². The SMILES string of the molecule is CCOC(=O)c1sc2ncn(/N=C/c3cc4cc5c6c(c4oc3=O)CCCN6CCC5)c(=O)c2c1C. The molecular weight excluding hydrogens is 480 g/mol. The number of rotatable bonds is 4. The Bertz CT molecular complexity index is 1700. The number of fused-ring (bicyclic) bond motifs is 3. The van der Waals surface area contributed by atoms with E-state index in [9.17, 15) is 14.4 Å². The minimum Gasteiger partial charge on any atom is -0.462 e. The fourth-order valence-electron chi connectivity index (χ4n) is 5.27. The van der Waals surface area contributed by atoms with E-state index in [1.165, 1.54) is 23.8 Å². The van der Waals surface area contributed by atoms with Crippen molar-refractivity contribution in [2.24, 2.45) is 5.10 Å². The van der Waals surface area contributed by atoms with E-state index >= 15 is 0 Å². The van der Waals surface area contributed by atoms with E-state index in [0.29, 0.717) is 26.2 Å². The maximum absolute atomic E-state index is 13.1. The van der Waals surface area contributed by atoms with Crippen LogP contribution in [0.4, 0.5) is 5.69 Å². The number of aryl methyl sites for hydroxylation is 3. The molecule has 0 saturated heterocycles. The lowest BCUT2D eigenvalue weighted by Gasteiger charge is -2.37. The van der Waals surface area contributed by atoms with Gasteiger partial charge in [-0.3, -0.25) is 4.79 Å². The number of nitrogens with zero attached hydrogens (tertiary/aromatic N) is 4. The third kappa shape index (κ3) is 3.55. The molecule has 184 valence electrons. The average Bonchev–Trinajstić information content (AvgIpc) is 3.22. The van der Waals surface area contributed by atoms with Crippen LogP contribution in [0.5, 0.6) is 0 Å². The number of anilines is 1. The van der Waals surface area contributed by atoms with Gasteiger partial charge in [0.15, 0.2) is 0 Å². The fraction of sp³-hybridized carbons (Fsp3) is 0.346.